The highest BCUT2D eigenvalue weighted by molar-refractivity contribution is 6.01. The van der Waals surface area contributed by atoms with Gasteiger partial charge in [0, 0.05) is 19.8 Å². The summed E-state index contributed by atoms with van der Waals surface area (Å²) >= 11 is 0. The molecule has 1 amide bonds. The van der Waals surface area contributed by atoms with E-state index in [4.69, 9.17) is 16.2 Å². The number of ether oxygens (including phenoxy) is 1. The van der Waals surface area contributed by atoms with E-state index in [9.17, 15) is 4.79 Å². The van der Waals surface area contributed by atoms with Gasteiger partial charge in [-0.25, -0.2) is 0 Å². The van der Waals surface area contributed by atoms with Gasteiger partial charge in [-0.2, -0.15) is 0 Å². The number of hydrogen-bond donors (Lipinski definition) is 3. The van der Waals surface area contributed by atoms with Crippen LogP contribution in [-0.2, 0) is 4.74 Å². The summed E-state index contributed by atoms with van der Waals surface area (Å²) in [5.74, 6) is 0.0602. The number of nitrogens with two attached hydrogens (primary N) is 2. The first-order valence-corrected chi connectivity index (χ1v) is 6.52. The minimum Gasteiger partial charge on any atom is -0.397 e. The van der Waals surface area contributed by atoms with Gasteiger partial charge in [0.05, 0.1) is 16.9 Å². The number of benzene rings is 1. The molecule has 0 spiro atoms. The Morgan fingerprint density at radius 1 is 1.42 bits per heavy atom. The smallest absolute Gasteiger partial charge is 0.250 e. The highest BCUT2D eigenvalue weighted by Crippen LogP contribution is 2.22. The minimum absolute atomic E-state index is 0.420. The zero-order valence-corrected chi connectivity index (χ0v) is 11.6. The minimum atomic E-state index is -0.481. The summed E-state index contributed by atoms with van der Waals surface area (Å²) in [7, 11) is 0. The molecule has 0 saturated carbocycles. The van der Waals surface area contributed by atoms with Crippen molar-refractivity contribution in [2.75, 3.05) is 30.8 Å². The summed E-state index contributed by atoms with van der Waals surface area (Å²) in [5, 5.41) is 3.15. The summed E-state index contributed by atoms with van der Waals surface area (Å²) in [6.07, 6.45) is 0.846. The van der Waals surface area contributed by atoms with Crippen LogP contribution in [0.3, 0.4) is 0 Å². The second-order valence-electron chi connectivity index (χ2n) is 4.88. The van der Waals surface area contributed by atoms with Crippen molar-refractivity contribution in [2.45, 2.75) is 20.3 Å². The van der Waals surface area contributed by atoms with Crippen molar-refractivity contribution in [1.82, 2.24) is 0 Å². The summed E-state index contributed by atoms with van der Waals surface area (Å²) < 4.78 is 5.48. The van der Waals surface area contributed by atoms with Crippen molar-refractivity contribution in [2.24, 2.45) is 11.7 Å². The lowest BCUT2D eigenvalue weighted by Crippen LogP contribution is -2.17. The molecule has 0 radical (unpaired) electrons. The van der Waals surface area contributed by atoms with Gasteiger partial charge in [0.15, 0.2) is 0 Å². The molecule has 1 aromatic carbocycles. The Morgan fingerprint density at radius 2 is 2.16 bits per heavy atom. The van der Waals surface area contributed by atoms with Gasteiger partial charge in [0.1, 0.15) is 0 Å². The van der Waals surface area contributed by atoms with Gasteiger partial charge in [-0.05, 0) is 24.5 Å². The number of rotatable bonds is 8. The van der Waals surface area contributed by atoms with E-state index in [0.29, 0.717) is 36.0 Å². The van der Waals surface area contributed by atoms with E-state index in [2.05, 4.69) is 19.2 Å². The van der Waals surface area contributed by atoms with Crippen molar-refractivity contribution < 1.29 is 9.53 Å². The molecule has 5 N–H and O–H groups in total. The molecule has 0 fully saturated rings. The number of nitrogens with one attached hydrogen (secondary N) is 1. The van der Waals surface area contributed by atoms with E-state index < -0.39 is 5.91 Å². The Hall–Kier alpha value is -1.75. The van der Waals surface area contributed by atoms with Crippen LogP contribution in [0.4, 0.5) is 11.4 Å². The van der Waals surface area contributed by atoms with Crippen LogP contribution < -0.4 is 16.8 Å². The number of carbonyl (C=O) groups excluding carboxylic acids is 1. The van der Waals surface area contributed by atoms with Crippen molar-refractivity contribution >= 4 is 17.3 Å². The van der Waals surface area contributed by atoms with E-state index in [0.717, 1.165) is 13.0 Å². The summed E-state index contributed by atoms with van der Waals surface area (Å²) in [6, 6.07) is 5.12. The number of hydrogen-bond acceptors (Lipinski definition) is 4. The molecule has 1 rings (SSSR count). The van der Waals surface area contributed by atoms with Crippen LogP contribution >= 0.6 is 0 Å². The summed E-state index contributed by atoms with van der Waals surface area (Å²) in [4.78, 5) is 11.3. The van der Waals surface area contributed by atoms with Crippen molar-refractivity contribution in [3.63, 3.8) is 0 Å². The fourth-order valence-electron chi connectivity index (χ4n) is 1.68. The van der Waals surface area contributed by atoms with Gasteiger partial charge < -0.3 is 21.5 Å². The lowest BCUT2D eigenvalue weighted by molar-refractivity contribution is 0.100. The van der Waals surface area contributed by atoms with Crippen molar-refractivity contribution in [3.8, 4) is 0 Å². The molecule has 19 heavy (non-hydrogen) atoms. The number of primary amides is 1. The van der Waals surface area contributed by atoms with Gasteiger partial charge >= 0.3 is 0 Å². The molecule has 0 atom stereocenters. The molecule has 0 aliphatic heterocycles. The van der Waals surface area contributed by atoms with Crippen LogP contribution in [0.15, 0.2) is 18.2 Å². The lowest BCUT2D eigenvalue weighted by Gasteiger charge is -2.13. The normalized spacial score (nSPS) is 10.7. The number of nitrogen functional groups attached to an aromatic ring is 1. The Bertz CT molecular complexity index is 419. The highest BCUT2D eigenvalue weighted by Gasteiger charge is 2.09. The van der Waals surface area contributed by atoms with Gasteiger partial charge in [0.2, 0.25) is 0 Å². The molecular formula is C14H23N3O2. The zero-order valence-electron chi connectivity index (χ0n) is 11.6. The Labute approximate surface area is 114 Å². The summed E-state index contributed by atoms with van der Waals surface area (Å²) in [6.45, 7) is 6.36. The van der Waals surface area contributed by atoms with Gasteiger partial charge in [-0.3, -0.25) is 4.79 Å². The Kier molecular flexibility index (Phi) is 6.15. The number of anilines is 2. The number of amides is 1. The fourth-order valence-corrected chi connectivity index (χ4v) is 1.68. The second-order valence-corrected chi connectivity index (χ2v) is 4.88. The van der Waals surface area contributed by atoms with E-state index in [1.54, 1.807) is 18.2 Å². The molecule has 5 nitrogen and oxygen atoms in total. The fraction of sp³-hybridized carbons (Fsp3) is 0.500. The quantitative estimate of drug-likeness (QED) is 0.494. The number of carbonyl (C=O) groups is 1. The van der Waals surface area contributed by atoms with E-state index in [1.807, 2.05) is 0 Å². The van der Waals surface area contributed by atoms with Crippen molar-refractivity contribution in [3.05, 3.63) is 23.8 Å². The first-order chi connectivity index (χ1) is 9.02. The standard InChI is InChI=1S/C14H23N3O2/c1-10(2)9-19-8-4-7-17-13-11(14(16)18)5-3-6-12(13)15/h3,5-6,10,17H,4,7-9,15H2,1-2H3,(H2,16,18). The first-order valence-electron chi connectivity index (χ1n) is 6.52. The maximum atomic E-state index is 11.3. The van der Waals surface area contributed by atoms with E-state index in [1.165, 1.54) is 0 Å². The zero-order chi connectivity index (χ0) is 14.3. The molecule has 106 valence electrons. The third-order valence-corrected chi connectivity index (χ3v) is 2.58. The van der Waals surface area contributed by atoms with E-state index in [-0.39, 0.29) is 0 Å². The predicted octanol–water partition coefficient (Wildman–Crippen LogP) is 1.84. The average molecular weight is 265 g/mol. The maximum absolute atomic E-state index is 11.3. The molecule has 5 heteroatoms. The first kappa shape index (κ1) is 15.3. The third-order valence-electron chi connectivity index (χ3n) is 2.58. The van der Waals surface area contributed by atoms with Gasteiger partial charge in [-0.15, -0.1) is 0 Å². The molecule has 0 unspecified atom stereocenters. The van der Waals surface area contributed by atoms with Crippen molar-refractivity contribution in [1.29, 1.82) is 0 Å². The molecular weight excluding hydrogens is 242 g/mol. The molecule has 0 heterocycles. The molecule has 0 bridgehead atoms. The second kappa shape index (κ2) is 7.63. The Balaban J connectivity index is 2.43. The van der Waals surface area contributed by atoms with E-state index >= 15 is 0 Å². The lowest BCUT2D eigenvalue weighted by atomic mass is 10.1. The number of para-hydroxylation sites is 1. The SMILES string of the molecule is CC(C)COCCCNc1c(N)cccc1C(N)=O. The monoisotopic (exact) mass is 265 g/mol. The van der Waals surface area contributed by atoms with Crippen LogP contribution in [-0.4, -0.2) is 25.7 Å². The predicted molar refractivity (Wildman–Crippen MR) is 78.1 cm³/mol. The molecule has 1 aromatic rings. The summed E-state index contributed by atoms with van der Waals surface area (Å²) in [5.41, 5.74) is 12.7. The molecule has 0 aliphatic rings. The third kappa shape index (κ3) is 5.18. The van der Waals surface area contributed by atoms with Crippen LogP contribution in [0.2, 0.25) is 0 Å². The maximum Gasteiger partial charge on any atom is 0.250 e. The molecule has 0 saturated heterocycles. The molecule has 0 aliphatic carbocycles. The van der Waals surface area contributed by atoms with Gasteiger partial charge in [0.25, 0.3) is 5.91 Å². The van der Waals surface area contributed by atoms with Crippen LogP contribution in [0, 0.1) is 5.92 Å². The average Bonchev–Trinajstić information content (AvgIpc) is 2.34. The highest BCUT2D eigenvalue weighted by atomic mass is 16.5. The Morgan fingerprint density at radius 3 is 2.79 bits per heavy atom. The van der Waals surface area contributed by atoms with Crippen LogP contribution in [0.1, 0.15) is 30.6 Å². The molecule has 0 aromatic heterocycles. The van der Waals surface area contributed by atoms with Gasteiger partial charge in [-0.1, -0.05) is 19.9 Å². The van der Waals surface area contributed by atoms with Crippen LogP contribution in [0.5, 0.6) is 0 Å². The van der Waals surface area contributed by atoms with Crippen LogP contribution in [0.25, 0.3) is 0 Å². The largest absolute Gasteiger partial charge is 0.397 e. The topological polar surface area (TPSA) is 90.4 Å².